The highest BCUT2D eigenvalue weighted by molar-refractivity contribution is 6.09. The van der Waals surface area contributed by atoms with Crippen molar-refractivity contribution in [2.45, 2.75) is 38.3 Å². The van der Waals surface area contributed by atoms with Gasteiger partial charge in [-0.15, -0.1) is 0 Å². The Hall–Kier alpha value is -2.90. The number of piperidine rings is 1. The molecule has 0 aromatic heterocycles. The highest BCUT2D eigenvalue weighted by Crippen LogP contribution is 2.38. The molecule has 1 aromatic carbocycles. The Labute approximate surface area is 171 Å². The van der Waals surface area contributed by atoms with Crippen LogP contribution in [-0.4, -0.2) is 82.6 Å². The third kappa shape index (κ3) is 3.83. The summed E-state index contributed by atoms with van der Waals surface area (Å²) in [4.78, 5) is 56.7. The van der Waals surface area contributed by atoms with Crippen molar-refractivity contribution in [2.24, 2.45) is 0 Å². The van der Waals surface area contributed by atoms with Gasteiger partial charge in [0.2, 0.25) is 11.8 Å². The second kappa shape index (κ2) is 8.23. The summed E-state index contributed by atoms with van der Waals surface area (Å²) in [7, 11) is 3.19. The van der Waals surface area contributed by atoms with Gasteiger partial charge in [-0.2, -0.15) is 0 Å². The standard InChI is InChI=1S/C21H28N4O4/c1-4-17(26)23-12-10-21(11-13-23)19(28)24(15-18(27)22(2)3)20(29)25(21)14-16-8-6-5-7-9-16/h5-9H,4,10-15H2,1-3H3. The molecule has 0 atom stereocenters. The lowest BCUT2D eigenvalue weighted by Gasteiger charge is -2.42. The van der Waals surface area contributed by atoms with Crippen molar-refractivity contribution in [3.63, 3.8) is 0 Å². The highest BCUT2D eigenvalue weighted by atomic mass is 16.2. The summed E-state index contributed by atoms with van der Waals surface area (Å²) in [5.41, 5.74) is -0.0924. The fourth-order valence-corrected chi connectivity index (χ4v) is 4.02. The molecule has 1 spiro atoms. The number of urea groups is 1. The molecule has 156 valence electrons. The number of likely N-dealkylation sites (tertiary alicyclic amines) is 1. The van der Waals surface area contributed by atoms with Gasteiger partial charge in [0.1, 0.15) is 12.1 Å². The Morgan fingerprint density at radius 3 is 2.24 bits per heavy atom. The largest absolute Gasteiger partial charge is 0.347 e. The van der Waals surface area contributed by atoms with Crippen molar-refractivity contribution in [1.29, 1.82) is 0 Å². The maximum Gasteiger partial charge on any atom is 0.328 e. The predicted molar refractivity (Wildman–Crippen MR) is 107 cm³/mol. The maximum absolute atomic E-state index is 13.4. The summed E-state index contributed by atoms with van der Waals surface area (Å²) in [5, 5.41) is 0. The van der Waals surface area contributed by atoms with E-state index < -0.39 is 11.6 Å². The van der Waals surface area contributed by atoms with E-state index in [9.17, 15) is 19.2 Å². The molecule has 2 heterocycles. The Morgan fingerprint density at radius 2 is 1.69 bits per heavy atom. The Kier molecular flexibility index (Phi) is 5.91. The fraction of sp³-hybridized carbons (Fsp3) is 0.524. The average molecular weight is 400 g/mol. The molecule has 0 aliphatic carbocycles. The zero-order chi connectivity index (χ0) is 21.2. The lowest BCUT2D eigenvalue weighted by atomic mass is 9.85. The minimum absolute atomic E-state index is 0.0471. The van der Waals surface area contributed by atoms with Crippen LogP contribution in [-0.2, 0) is 20.9 Å². The van der Waals surface area contributed by atoms with Crippen LogP contribution in [0.4, 0.5) is 4.79 Å². The number of carbonyl (C=O) groups is 4. The summed E-state index contributed by atoms with van der Waals surface area (Å²) in [6.45, 7) is 2.68. The third-order valence-corrected chi connectivity index (χ3v) is 5.84. The third-order valence-electron chi connectivity index (χ3n) is 5.84. The van der Waals surface area contributed by atoms with Gasteiger partial charge in [0, 0.05) is 40.2 Å². The summed E-state index contributed by atoms with van der Waals surface area (Å²) in [5.74, 6) is -0.592. The normalized spacial score (nSPS) is 18.5. The molecule has 8 nitrogen and oxygen atoms in total. The van der Waals surface area contributed by atoms with Gasteiger partial charge < -0.3 is 14.7 Å². The first-order valence-corrected chi connectivity index (χ1v) is 9.95. The van der Waals surface area contributed by atoms with Crippen molar-refractivity contribution in [1.82, 2.24) is 19.6 Å². The van der Waals surface area contributed by atoms with Gasteiger partial charge in [-0.3, -0.25) is 19.3 Å². The second-order valence-corrected chi connectivity index (χ2v) is 7.80. The molecule has 0 bridgehead atoms. The van der Waals surface area contributed by atoms with E-state index in [4.69, 9.17) is 0 Å². The molecule has 3 rings (SSSR count). The van der Waals surface area contributed by atoms with Crippen LogP contribution in [0.3, 0.4) is 0 Å². The van der Waals surface area contributed by atoms with Crippen molar-refractivity contribution < 1.29 is 19.2 Å². The van der Waals surface area contributed by atoms with Gasteiger partial charge >= 0.3 is 6.03 Å². The zero-order valence-electron chi connectivity index (χ0n) is 17.3. The number of likely N-dealkylation sites (N-methyl/N-ethyl adjacent to an activating group) is 1. The van der Waals surface area contributed by atoms with Gasteiger partial charge in [-0.1, -0.05) is 37.3 Å². The first kappa shape index (κ1) is 20.8. The highest BCUT2D eigenvalue weighted by Gasteiger charge is 2.58. The van der Waals surface area contributed by atoms with Gasteiger partial charge in [0.25, 0.3) is 5.91 Å². The molecule has 0 radical (unpaired) electrons. The molecular formula is C21H28N4O4. The van der Waals surface area contributed by atoms with Gasteiger partial charge in [0.05, 0.1) is 0 Å². The number of hydrogen-bond acceptors (Lipinski definition) is 4. The number of hydrogen-bond donors (Lipinski definition) is 0. The van der Waals surface area contributed by atoms with Crippen LogP contribution in [0.5, 0.6) is 0 Å². The molecule has 2 saturated heterocycles. The molecule has 0 saturated carbocycles. The van der Waals surface area contributed by atoms with Crippen molar-refractivity contribution in [3.8, 4) is 0 Å². The van der Waals surface area contributed by atoms with Crippen molar-refractivity contribution in [2.75, 3.05) is 33.7 Å². The van der Waals surface area contributed by atoms with E-state index in [1.54, 1.807) is 23.9 Å². The van der Waals surface area contributed by atoms with E-state index in [0.29, 0.717) is 38.9 Å². The lowest BCUT2D eigenvalue weighted by Crippen LogP contribution is -2.57. The molecule has 8 heteroatoms. The minimum atomic E-state index is -1.01. The first-order chi connectivity index (χ1) is 13.8. The summed E-state index contributed by atoms with van der Waals surface area (Å²) >= 11 is 0. The van der Waals surface area contributed by atoms with E-state index in [1.807, 2.05) is 37.3 Å². The zero-order valence-corrected chi connectivity index (χ0v) is 17.3. The van der Waals surface area contributed by atoms with E-state index in [-0.39, 0.29) is 24.3 Å². The van der Waals surface area contributed by atoms with E-state index >= 15 is 0 Å². The summed E-state index contributed by atoms with van der Waals surface area (Å²) < 4.78 is 0. The number of benzene rings is 1. The smallest absolute Gasteiger partial charge is 0.328 e. The molecular weight excluding hydrogens is 372 g/mol. The average Bonchev–Trinajstić information content (AvgIpc) is 2.91. The quantitative estimate of drug-likeness (QED) is 0.698. The van der Waals surface area contributed by atoms with Crippen LogP contribution in [0.25, 0.3) is 0 Å². The SMILES string of the molecule is CCC(=O)N1CCC2(CC1)C(=O)N(CC(=O)N(C)C)C(=O)N2Cc1ccccc1. The van der Waals surface area contributed by atoms with Crippen molar-refractivity contribution >= 4 is 23.8 Å². The molecule has 2 fully saturated rings. The summed E-state index contributed by atoms with van der Waals surface area (Å²) in [6, 6.07) is 9.06. The Morgan fingerprint density at radius 1 is 1.07 bits per heavy atom. The molecule has 2 aliphatic heterocycles. The van der Waals surface area contributed by atoms with E-state index in [2.05, 4.69) is 0 Å². The number of nitrogens with zero attached hydrogens (tertiary/aromatic N) is 4. The number of amides is 5. The van der Waals surface area contributed by atoms with Crippen LogP contribution >= 0.6 is 0 Å². The minimum Gasteiger partial charge on any atom is -0.347 e. The first-order valence-electron chi connectivity index (χ1n) is 9.95. The van der Waals surface area contributed by atoms with Gasteiger partial charge in [-0.05, 0) is 18.4 Å². The van der Waals surface area contributed by atoms with Gasteiger partial charge in [-0.25, -0.2) is 4.79 Å². The van der Waals surface area contributed by atoms with Crippen molar-refractivity contribution in [3.05, 3.63) is 35.9 Å². The molecule has 0 N–H and O–H groups in total. The van der Waals surface area contributed by atoms with Gasteiger partial charge in [0.15, 0.2) is 0 Å². The molecule has 0 unspecified atom stereocenters. The van der Waals surface area contributed by atoms with E-state index in [1.165, 1.54) is 4.90 Å². The Bertz CT molecular complexity index is 800. The molecule has 2 aliphatic rings. The lowest BCUT2D eigenvalue weighted by molar-refractivity contribution is -0.142. The monoisotopic (exact) mass is 400 g/mol. The van der Waals surface area contributed by atoms with Crippen LogP contribution in [0.1, 0.15) is 31.7 Å². The molecule has 29 heavy (non-hydrogen) atoms. The predicted octanol–water partition coefficient (Wildman–Crippen LogP) is 1.31. The second-order valence-electron chi connectivity index (χ2n) is 7.80. The maximum atomic E-state index is 13.4. The molecule has 1 aromatic rings. The fourth-order valence-electron chi connectivity index (χ4n) is 4.02. The number of carbonyl (C=O) groups excluding carboxylic acids is 4. The van der Waals surface area contributed by atoms with Crippen LogP contribution in [0, 0.1) is 0 Å². The molecule has 5 amide bonds. The van der Waals surface area contributed by atoms with Crippen LogP contribution in [0.2, 0.25) is 0 Å². The van der Waals surface area contributed by atoms with Crippen LogP contribution in [0.15, 0.2) is 30.3 Å². The van der Waals surface area contributed by atoms with E-state index in [0.717, 1.165) is 10.5 Å². The topological polar surface area (TPSA) is 81.2 Å². The summed E-state index contributed by atoms with van der Waals surface area (Å²) in [6.07, 6.45) is 1.17. The number of imide groups is 1. The number of rotatable bonds is 5. The van der Waals surface area contributed by atoms with Crippen LogP contribution < -0.4 is 0 Å². The Balaban J connectivity index is 1.90.